The van der Waals surface area contributed by atoms with E-state index in [1.165, 1.54) is 11.1 Å². The molecule has 1 unspecified atom stereocenters. The van der Waals surface area contributed by atoms with Crippen molar-refractivity contribution in [1.82, 2.24) is 14.9 Å². The number of amides is 1. The van der Waals surface area contributed by atoms with Crippen LogP contribution in [0.4, 0.5) is 5.82 Å². The second-order valence-corrected chi connectivity index (χ2v) is 9.05. The summed E-state index contributed by atoms with van der Waals surface area (Å²) in [5.74, 6) is 1.70. The number of aromatic nitrogens is 2. The Morgan fingerprint density at radius 2 is 1.72 bits per heavy atom. The van der Waals surface area contributed by atoms with Crippen LogP contribution in [0.15, 0.2) is 54.6 Å². The number of rotatable bonds is 5. The Hall–Kier alpha value is -2.92. The molecule has 1 fully saturated rings. The third-order valence-corrected chi connectivity index (χ3v) is 6.11. The quantitative estimate of drug-likeness (QED) is 0.534. The minimum atomic E-state index is -0.496. The van der Waals surface area contributed by atoms with Gasteiger partial charge in [-0.1, -0.05) is 54.1 Å². The van der Waals surface area contributed by atoms with Crippen LogP contribution in [-0.4, -0.2) is 52.3 Å². The second kappa shape index (κ2) is 9.70. The molecule has 2 heterocycles. The summed E-state index contributed by atoms with van der Waals surface area (Å²) in [6, 6.07) is 18.7. The van der Waals surface area contributed by atoms with Crippen LogP contribution in [0.2, 0.25) is 0 Å². The fourth-order valence-corrected chi connectivity index (χ4v) is 4.29. The van der Waals surface area contributed by atoms with Crippen molar-refractivity contribution >= 4 is 23.3 Å². The molecular formula is C26H29ClN4O. The number of piperazine rings is 1. The van der Waals surface area contributed by atoms with E-state index in [1.54, 1.807) is 6.92 Å². The molecule has 166 valence electrons. The predicted octanol–water partition coefficient (Wildman–Crippen LogP) is 4.63. The highest BCUT2D eigenvalue weighted by molar-refractivity contribution is 6.30. The molecule has 1 saturated heterocycles. The van der Waals surface area contributed by atoms with E-state index in [2.05, 4.69) is 61.2 Å². The average molecular weight is 449 g/mol. The molecule has 0 radical (unpaired) electrons. The van der Waals surface area contributed by atoms with Gasteiger partial charge < -0.3 is 9.80 Å². The summed E-state index contributed by atoms with van der Waals surface area (Å²) >= 11 is 6.03. The third kappa shape index (κ3) is 4.94. The molecule has 0 saturated carbocycles. The van der Waals surface area contributed by atoms with Crippen LogP contribution in [0, 0.1) is 13.8 Å². The minimum absolute atomic E-state index is 0.00450. The van der Waals surface area contributed by atoms with Gasteiger partial charge in [0.05, 0.1) is 0 Å². The highest BCUT2D eigenvalue weighted by Gasteiger charge is 2.27. The summed E-state index contributed by atoms with van der Waals surface area (Å²) in [6.45, 7) is 8.61. The molecule has 32 heavy (non-hydrogen) atoms. The van der Waals surface area contributed by atoms with E-state index in [1.807, 2.05) is 17.0 Å². The van der Waals surface area contributed by atoms with Gasteiger partial charge in [-0.2, -0.15) is 0 Å². The predicted molar refractivity (Wildman–Crippen MR) is 130 cm³/mol. The molecule has 0 N–H and O–H groups in total. The zero-order valence-corrected chi connectivity index (χ0v) is 19.6. The average Bonchev–Trinajstić information content (AvgIpc) is 2.80. The number of hydrogen-bond acceptors (Lipinski definition) is 4. The molecule has 0 aliphatic carbocycles. The van der Waals surface area contributed by atoms with E-state index in [-0.39, 0.29) is 5.91 Å². The summed E-state index contributed by atoms with van der Waals surface area (Å²) in [7, 11) is 0. The number of carbonyl (C=O) groups excluding carboxylic acids is 1. The number of aryl methyl sites for hydroxylation is 2. The van der Waals surface area contributed by atoms with Gasteiger partial charge in [0.15, 0.2) is 5.82 Å². The maximum absolute atomic E-state index is 12.3. The number of hydrogen-bond donors (Lipinski definition) is 0. The monoisotopic (exact) mass is 448 g/mol. The number of anilines is 1. The van der Waals surface area contributed by atoms with E-state index in [9.17, 15) is 4.79 Å². The molecule has 0 bridgehead atoms. The van der Waals surface area contributed by atoms with Crippen molar-refractivity contribution in [3.63, 3.8) is 0 Å². The molecule has 1 aliphatic rings. The lowest BCUT2D eigenvalue weighted by Gasteiger charge is -2.37. The first kappa shape index (κ1) is 22.3. The van der Waals surface area contributed by atoms with Crippen LogP contribution in [0.1, 0.15) is 29.3 Å². The second-order valence-electron chi connectivity index (χ2n) is 8.39. The molecule has 0 spiro atoms. The number of alkyl halides is 1. The van der Waals surface area contributed by atoms with Crippen LogP contribution in [-0.2, 0) is 11.2 Å². The Bertz CT molecular complexity index is 1090. The lowest BCUT2D eigenvalue weighted by molar-refractivity contribution is -0.130. The third-order valence-electron chi connectivity index (χ3n) is 5.92. The Labute approximate surface area is 195 Å². The first-order valence-electron chi connectivity index (χ1n) is 11.1. The van der Waals surface area contributed by atoms with Crippen LogP contribution in [0.5, 0.6) is 0 Å². The minimum Gasteiger partial charge on any atom is -0.353 e. The zero-order chi connectivity index (χ0) is 22.7. The van der Waals surface area contributed by atoms with Gasteiger partial charge >= 0.3 is 0 Å². The van der Waals surface area contributed by atoms with Gasteiger partial charge in [0.25, 0.3) is 0 Å². The summed E-state index contributed by atoms with van der Waals surface area (Å²) in [4.78, 5) is 26.4. The van der Waals surface area contributed by atoms with Crippen molar-refractivity contribution < 1.29 is 4.79 Å². The van der Waals surface area contributed by atoms with Gasteiger partial charge in [-0.3, -0.25) is 4.79 Å². The molecule has 2 aromatic carbocycles. The SMILES string of the molecule is Cc1cccc(-c2nc(C)c(Cc3ccccc3)c(N3CCN(C(=O)C(C)Cl)CC3)n2)c1. The van der Waals surface area contributed by atoms with Crippen molar-refractivity contribution in [3.8, 4) is 11.4 Å². The Morgan fingerprint density at radius 1 is 1.00 bits per heavy atom. The number of halogens is 1. The molecule has 4 rings (SSSR count). The van der Waals surface area contributed by atoms with Gasteiger partial charge in [-0.25, -0.2) is 9.97 Å². The Morgan fingerprint density at radius 3 is 2.38 bits per heavy atom. The fraction of sp³-hybridized carbons (Fsp3) is 0.346. The number of benzene rings is 2. The van der Waals surface area contributed by atoms with Gasteiger partial charge in [0, 0.05) is 49.4 Å². The summed E-state index contributed by atoms with van der Waals surface area (Å²) < 4.78 is 0. The molecular weight excluding hydrogens is 420 g/mol. The standard InChI is InChI=1S/C26H29ClN4O/c1-18-8-7-11-22(16-18)24-28-20(3)23(17-21-9-5-4-6-10-21)25(29-24)30-12-14-31(15-13-30)26(32)19(2)27/h4-11,16,19H,12-15,17H2,1-3H3. The van der Waals surface area contributed by atoms with Crippen molar-refractivity contribution in [3.05, 3.63) is 77.0 Å². The van der Waals surface area contributed by atoms with E-state index in [4.69, 9.17) is 21.6 Å². The van der Waals surface area contributed by atoms with Crippen LogP contribution in [0.25, 0.3) is 11.4 Å². The van der Waals surface area contributed by atoms with Gasteiger partial charge in [0.2, 0.25) is 5.91 Å². The Balaban J connectivity index is 1.70. The molecule has 5 nitrogen and oxygen atoms in total. The lowest BCUT2D eigenvalue weighted by Crippen LogP contribution is -2.51. The molecule has 1 aromatic heterocycles. The van der Waals surface area contributed by atoms with Crippen LogP contribution in [0.3, 0.4) is 0 Å². The Kier molecular flexibility index (Phi) is 6.75. The van der Waals surface area contributed by atoms with Crippen molar-refractivity contribution in [2.75, 3.05) is 31.1 Å². The van der Waals surface area contributed by atoms with Crippen molar-refractivity contribution in [2.24, 2.45) is 0 Å². The topological polar surface area (TPSA) is 49.3 Å². The molecule has 1 aliphatic heterocycles. The summed E-state index contributed by atoms with van der Waals surface area (Å²) in [5.41, 5.74) is 5.56. The molecule has 3 aromatic rings. The van der Waals surface area contributed by atoms with Gasteiger partial charge in [0.1, 0.15) is 11.2 Å². The maximum atomic E-state index is 12.3. The molecule has 6 heteroatoms. The van der Waals surface area contributed by atoms with E-state index in [0.29, 0.717) is 13.1 Å². The smallest absolute Gasteiger partial charge is 0.240 e. The van der Waals surface area contributed by atoms with Crippen LogP contribution < -0.4 is 4.90 Å². The van der Waals surface area contributed by atoms with Crippen molar-refractivity contribution in [1.29, 1.82) is 0 Å². The first-order chi connectivity index (χ1) is 15.4. The van der Waals surface area contributed by atoms with Gasteiger partial charge in [-0.05, 0) is 32.4 Å². The van der Waals surface area contributed by atoms with E-state index >= 15 is 0 Å². The normalized spacial score (nSPS) is 15.0. The lowest BCUT2D eigenvalue weighted by atomic mass is 10.0. The largest absolute Gasteiger partial charge is 0.353 e. The zero-order valence-electron chi connectivity index (χ0n) is 18.9. The fourth-order valence-electron chi connectivity index (χ4n) is 4.15. The number of nitrogens with zero attached hydrogens (tertiary/aromatic N) is 4. The maximum Gasteiger partial charge on any atom is 0.240 e. The van der Waals surface area contributed by atoms with E-state index in [0.717, 1.165) is 48.0 Å². The number of carbonyl (C=O) groups is 1. The highest BCUT2D eigenvalue weighted by Crippen LogP contribution is 2.28. The first-order valence-corrected chi connectivity index (χ1v) is 11.5. The molecule has 1 amide bonds. The van der Waals surface area contributed by atoms with E-state index < -0.39 is 5.38 Å². The van der Waals surface area contributed by atoms with Gasteiger partial charge in [-0.15, -0.1) is 11.6 Å². The van der Waals surface area contributed by atoms with Crippen molar-refractivity contribution in [2.45, 2.75) is 32.6 Å². The summed E-state index contributed by atoms with van der Waals surface area (Å²) in [5, 5.41) is -0.496. The highest BCUT2D eigenvalue weighted by atomic mass is 35.5. The van der Waals surface area contributed by atoms with Crippen LogP contribution >= 0.6 is 11.6 Å². The summed E-state index contributed by atoms with van der Waals surface area (Å²) in [6.07, 6.45) is 0.772. The molecule has 1 atom stereocenters.